The summed E-state index contributed by atoms with van der Waals surface area (Å²) in [5, 5.41) is 8.58. The van der Waals surface area contributed by atoms with Gasteiger partial charge >= 0.3 is 0 Å². The molecular formula is C8H14O2. The third-order valence-corrected chi connectivity index (χ3v) is 2.16. The third-order valence-electron chi connectivity index (χ3n) is 2.16. The van der Waals surface area contributed by atoms with E-state index in [9.17, 15) is 4.79 Å². The van der Waals surface area contributed by atoms with Crippen molar-refractivity contribution in [2.75, 3.05) is 6.61 Å². The van der Waals surface area contributed by atoms with Crippen molar-refractivity contribution in [2.24, 2.45) is 5.92 Å². The molecule has 2 nitrogen and oxygen atoms in total. The molecule has 0 aromatic rings. The number of Topliss-reactive ketones (excluding diaryl/α,β-unsaturated/α-hetero) is 1. The van der Waals surface area contributed by atoms with E-state index in [-0.39, 0.29) is 12.5 Å². The molecule has 0 unspecified atom stereocenters. The van der Waals surface area contributed by atoms with Crippen molar-refractivity contribution < 1.29 is 9.90 Å². The van der Waals surface area contributed by atoms with Crippen molar-refractivity contribution >= 4 is 5.78 Å². The summed E-state index contributed by atoms with van der Waals surface area (Å²) in [6.07, 6.45) is 4.64. The highest BCUT2D eigenvalue weighted by atomic mass is 16.3. The summed E-state index contributed by atoms with van der Waals surface area (Å²) in [6.45, 7) is 0.163. The minimum absolute atomic E-state index is 0.163. The van der Waals surface area contributed by atoms with Gasteiger partial charge in [-0.15, -0.1) is 0 Å². The van der Waals surface area contributed by atoms with Crippen molar-refractivity contribution in [2.45, 2.75) is 32.1 Å². The van der Waals surface area contributed by atoms with E-state index in [2.05, 4.69) is 0 Å². The van der Waals surface area contributed by atoms with E-state index in [1.165, 1.54) is 0 Å². The molecule has 0 aromatic heterocycles. The lowest BCUT2D eigenvalue weighted by atomic mass is 9.86. The first-order valence-electron chi connectivity index (χ1n) is 3.98. The Bertz CT molecular complexity index is 118. The van der Waals surface area contributed by atoms with Gasteiger partial charge in [-0.3, -0.25) is 4.79 Å². The molecule has 1 aliphatic rings. The summed E-state index contributed by atoms with van der Waals surface area (Å²) in [4.78, 5) is 11.1. The lowest BCUT2D eigenvalue weighted by molar-refractivity contribution is -0.125. The van der Waals surface area contributed by atoms with Crippen molar-refractivity contribution in [1.82, 2.24) is 0 Å². The van der Waals surface area contributed by atoms with Crippen LogP contribution in [0.4, 0.5) is 0 Å². The van der Waals surface area contributed by atoms with Gasteiger partial charge in [0.25, 0.3) is 0 Å². The second-order valence-electron chi connectivity index (χ2n) is 2.92. The molecule has 1 fully saturated rings. The van der Waals surface area contributed by atoms with Crippen LogP contribution in [-0.4, -0.2) is 17.5 Å². The molecule has 0 radical (unpaired) electrons. The van der Waals surface area contributed by atoms with Crippen LogP contribution in [0.2, 0.25) is 0 Å². The molecule has 0 spiro atoms. The molecule has 0 heterocycles. The fourth-order valence-electron chi connectivity index (χ4n) is 1.52. The molecular weight excluding hydrogens is 128 g/mol. The second kappa shape index (κ2) is 3.71. The van der Waals surface area contributed by atoms with Gasteiger partial charge in [0, 0.05) is 18.9 Å². The maximum Gasteiger partial charge on any atom is 0.136 e. The Kier molecular flexibility index (Phi) is 2.87. The Morgan fingerprint density at radius 2 is 2.30 bits per heavy atom. The quantitative estimate of drug-likeness (QED) is 0.627. The number of carbonyl (C=O) groups is 1. The first-order chi connectivity index (χ1) is 4.84. The van der Waals surface area contributed by atoms with E-state index in [4.69, 9.17) is 5.11 Å². The molecule has 1 N–H and O–H groups in total. The molecule has 0 saturated heterocycles. The van der Waals surface area contributed by atoms with Crippen LogP contribution < -0.4 is 0 Å². The normalized spacial score (nSPS) is 26.9. The smallest absolute Gasteiger partial charge is 0.136 e. The van der Waals surface area contributed by atoms with Crippen LogP contribution in [-0.2, 0) is 4.79 Å². The minimum atomic E-state index is 0.163. The monoisotopic (exact) mass is 142 g/mol. The third kappa shape index (κ3) is 1.81. The number of aliphatic hydroxyl groups excluding tert-OH is 1. The van der Waals surface area contributed by atoms with Crippen LogP contribution in [0.25, 0.3) is 0 Å². The molecule has 1 saturated carbocycles. The Labute approximate surface area is 61.2 Å². The van der Waals surface area contributed by atoms with Crippen molar-refractivity contribution in [1.29, 1.82) is 0 Å². The van der Waals surface area contributed by atoms with Gasteiger partial charge < -0.3 is 5.11 Å². The Morgan fingerprint density at radius 1 is 1.50 bits per heavy atom. The van der Waals surface area contributed by atoms with Crippen LogP contribution in [0.5, 0.6) is 0 Å². The van der Waals surface area contributed by atoms with Crippen LogP contribution in [0.1, 0.15) is 32.1 Å². The van der Waals surface area contributed by atoms with Gasteiger partial charge in [0.2, 0.25) is 0 Å². The summed E-state index contributed by atoms with van der Waals surface area (Å²) in [5.74, 6) is 0.541. The first-order valence-corrected chi connectivity index (χ1v) is 3.98. The van der Waals surface area contributed by atoms with Crippen molar-refractivity contribution in [3.63, 3.8) is 0 Å². The summed E-state index contributed by atoms with van der Waals surface area (Å²) in [5.41, 5.74) is 0. The van der Waals surface area contributed by atoms with Gasteiger partial charge in [-0.05, 0) is 19.3 Å². The van der Waals surface area contributed by atoms with E-state index < -0.39 is 0 Å². The number of hydrogen-bond donors (Lipinski definition) is 1. The molecule has 0 bridgehead atoms. The average Bonchev–Trinajstić information content (AvgIpc) is 1.94. The predicted octanol–water partition coefficient (Wildman–Crippen LogP) is 1.13. The van der Waals surface area contributed by atoms with Crippen molar-refractivity contribution in [3.05, 3.63) is 0 Å². The Balaban J connectivity index is 2.32. The maximum atomic E-state index is 11.1. The molecule has 1 aliphatic carbocycles. The van der Waals surface area contributed by atoms with Gasteiger partial charge in [0.15, 0.2) is 0 Å². The lowest BCUT2D eigenvalue weighted by Gasteiger charge is -2.18. The molecule has 0 aromatic carbocycles. The zero-order valence-electron chi connectivity index (χ0n) is 6.18. The largest absolute Gasteiger partial charge is 0.396 e. The van der Waals surface area contributed by atoms with E-state index in [0.717, 1.165) is 25.7 Å². The standard InChI is InChI=1S/C8H14O2/c9-6-5-7-3-1-2-4-8(7)10/h7,9H,1-6H2/t7-/m1/s1. The van der Waals surface area contributed by atoms with Gasteiger partial charge in [-0.1, -0.05) is 6.42 Å². The average molecular weight is 142 g/mol. The van der Waals surface area contributed by atoms with Gasteiger partial charge in [0.05, 0.1) is 0 Å². The molecule has 0 amide bonds. The highest BCUT2D eigenvalue weighted by molar-refractivity contribution is 5.81. The SMILES string of the molecule is O=C1CCCC[C@@H]1CCO. The molecule has 10 heavy (non-hydrogen) atoms. The molecule has 58 valence electrons. The van der Waals surface area contributed by atoms with E-state index in [1.807, 2.05) is 0 Å². The summed E-state index contributed by atoms with van der Waals surface area (Å²) < 4.78 is 0. The lowest BCUT2D eigenvalue weighted by Crippen LogP contribution is -2.19. The summed E-state index contributed by atoms with van der Waals surface area (Å²) in [6, 6.07) is 0. The zero-order chi connectivity index (χ0) is 7.40. The van der Waals surface area contributed by atoms with E-state index in [1.54, 1.807) is 0 Å². The Morgan fingerprint density at radius 3 is 2.90 bits per heavy atom. The molecule has 2 heteroatoms. The van der Waals surface area contributed by atoms with Gasteiger partial charge in [0.1, 0.15) is 5.78 Å². The number of hydrogen-bond acceptors (Lipinski definition) is 2. The van der Waals surface area contributed by atoms with Crippen molar-refractivity contribution in [3.8, 4) is 0 Å². The number of carbonyl (C=O) groups excluding carboxylic acids is 1. The summed E-state index contributed by atoms with van der Waals surface area (Å²) in [7, 11) is 0. The van der Waals surface area contributed by atoms with Crippen LogP contribution >= 0.6 is 0 Å². The first kappa shape index (κ1) is 7.73. The number of ketones is 1. The fourth-order valence-corrected chi connectivity index (χ4v) is 1.52. The highest BCUT2D eigenvalue weighted by Gasteiger charge is 2.20. The van der Waals surface area contributed by atoms with Gasteiger partial charge in [-0.25, -0.2) is 0 Å². The number of aliphatic hydroxyl groups is 1. The highest BCUT2D eigenvalue weighted by Crippen LogP contribution is 2.22. The van der Waals surface area contributed by atoms with Crippen LogP contribution in [0.3, 0.4) is 0 Å². The topological polar surface area (TPSA) is 37.3 Å². The maximum absolute atomic E-state index is 11.1. The van der Waals surface area contributed by atoms with Crippen LogP contribution in [0, 0.1) is 5.92 Å². The Hall–Kier alpha value is -0.370. The predicted molar refractivity (Wildman–Crippen MR) is 38.7 cm³/mol. The van der Waals surface area contributed by atoms with Gasteiger partial charge in [-0.2, -0.15) is 0 Å². The molecule has 1 atom stereocenters. The van der Waals surface area contributed by atoms with E-state index in [0.29, 0.717) is 12.2 Å². The zero-order valence-corrected chi connectivity index (χ0v) is 6.18. The number of rotatable bonds is 2. The summed E-state index contributed by atoms with van der Waals surface area (Å²) >= 11 is 0. The molecule has 1 rings (SSSR count). The molecule has 0 aliphatic heterocycles. The van der Waals surface area contributed by atoms with Crippen LogP contribution in [0.15, 0.2) is 0 Å². The second-order valence-corrected chi connectivity index (χ2v) is 2.92. The minimum Gasteiger partial charge on any atom is -0.396 e. The fraction of sp³-hybridized carbons (Fsp3) is 0.875. The van der Waals surface area contributed by atoms with E-state index >= 15 is 0 Å².